The molecule has 2 N–H and O–H groups in total. The lowest BCUT2D eigenvalue weighted by molar-refractivity contribution is 0.0697. The highest BCUT2D eigenvalue weighted by Gasteiger charge is 2.08. The minimum absolute atomic E-state index is 0.173. The topological polar surface area (TPSA) is 79.9 Å². The van der Waals surface area contributed by atoms with Crippen LogP contribution in [0, 0.1) is 0 Å². The molecule has 0 spiro atoms. The smallest absolute Gasteiger partial charge is 0.335 e. The standard InChI is InChI=1S/C16H12O5/c17-12-3-5-13(6-4-12)20-9-14-7-10-1-2-11(16(18)19)8-15(10)21-14/h1-8,17H,9H2,(H,18,19). The van der Waals surface area contributed by atoms with Crippen LogP contribution in [0.4, 0.5) is 0 Å². The number of carboxylic acid groups (broad SMARTS) is 1. The zero-order valence-electron chi connectivity index (χ0n) is 10.9. The third kappa shape index (κ3) is 2.81. The molecule has 0 unspecified atom stereocenters. The third-order valence-corrected chi connectivity index (χ3v) is 3.04. The average Bonchev–Trinajstić information content (AvgIpc) is 2.88. The fourth-order valence-electron chi connectivity index (χ4n) is 1.99. The van der Waals surface area contributed by atoms with Crippen LogP contribution in [0.1, 0.15) is 16.1 Å². The highest BCUT2D eigenvalue weighted by Crippen LogP contribution is 2.23. The van der Waals surface area contributed by atoms with Crippen LogP contribution in [0.3, 0.4) is 0 Å². The number of ether oxygens (including phenoxy) is 1. The van der Waals surface area contributed by atoms with Crippen LogP contribution in [0.15, 0.2) is 52.9 Å². The van der Waals surface area contributed by atoms with Gasteiger partial charge in [-0.15, -0.1) is 0 Å². The van der Waals surface area contributed by atoms with E-state index in [1.54, 1.807) is 24.3 Å². The van der Waals surface area contributed by atoms with Crippen molar-refractivity contribution in [2.75, 3.05) is 0 Å². The molecule has 5 heteroatoms. The Morgan fingerprint density at radius 2 is 1.86 bits per heavy atom. The molecule has 0 aliphatic heterocycles. The monoisotopic (exact) mass is 284 g/mol. The molecule has 0 aliphatic rings. The zero-order chi connectivity index (χ0) is 14.8. The first kappa shape index (κ1) is 13.1. The molecule has 0 saturated carbocycles. The Kier molecular flexibility index (Phi) is 3.23. The molecule has 0 atom stereocenters. The Balaban J connectivity index is 1.78. The molecule has 1 aromatic heterocycles. The van der Waals surface area contributed by atoms with E-state index in [9.17, 15) is 9.90 Å². The maximum absolute atomic E-state index is 10.9. The lowest BCUT2D eigenvalue weighted by Gasteiger charge is -2.03. The molecule has 0 amide bonds. The molecule has 3 rings (SSSR count). The van der Waals surface area contributed by atoms with E-state index in [1.165, 1.54) is 24.3 Å². The van der Waals surface area contributed by atoms with E-state index < -0.39 is 5.97 Å². The molecule has 5 nitrogen and oxygen atoms in total. The van der Waals surface area contributed by atoms with Gasteiger partial charge in [0.1, 0.15) is 29.4 Å². The van der Waals surface area contributed by atoms with Gasteiger partial charge in [0.05, 0.1) is 5.56 Å². The number of carboxylic acids is 1. The van der Waals surface area contributed by atoms with Gasteiger partial charge in [-0.3, -0.25) is 0 Å². The van der Waals surface area contributed by atoms with Gasteiger partial charge in [-0.05, 0) is 42.5 Å². The van der Waals surface area contributed by atoms with Crippen LogP contribution >= 0.6 is 0 Å². The Hall–Kier alpha value is -2.95. The number of fused-ring (bicyclic) bond motifs is 1. The van der Waals surface area contributed by atoms with Crippen LogP contribution in [-0.4, -0.2) is 16.2 Å². The number of aromatic carboxylic acids is 1. The lowest BCUT2D eigenvalue weighted by Crippen LogP contribution is -1.94. The summed E-state index contributed by atoms with van der Waals surface area (Å²) < 4.78 is 11.1. The van der Waals surface area contributed by atoms with Crippen molar-refractivity contribution < 1.29 is 24.2 Å². The van der Waals surface area contributed by atoms with E-state index in [4.69, 9.17) is 14.3 Å². The highest BCUT2D eigenvalue weighted by molar-refractivity contribution is 5.92. The fraction of sp³-hybridized carbons (Fsp3) is 0.0625. The summed E-state index contributed by atoms with van der Waals surface area (Å²) >= 11 is 0. The van der Waals surface area contributed by atoms with Gasteiger partial charge < -0.3 is 19.4 Å². The maximum Gasteiger partial charge on any atom is 0.335 e. The van der Waals surface area contributed by atoms with Crippen LogP contribution < -0.4 is 4.74 Å². The number of phenolic OH excluding ortho intramolecular Hbond substituents is 1. The molecule has 3 aromatic rings. The van der Waals surface area contributed by atoms with Crippen molar-refractivity contribution in [3.63, 3.8) is 0 Å². The number of hydrogen-bond acceptors (Lipinski definition) is 4. The van der Waals surface area contributed by atoms with Gasteiger partial charge >= 0.3 is 5.97 Å². The second-order valence-corrected chi connectivity index (χ2v) is 4.55. The van der Waals surface area contributed by atoms with Crippen molar-refractivity contribution in [3.05, 3.63) is 59.9 Å². The molecule has 1 heterocycles. The van der Waals surface area contributed by atoms with Gasteiger partial charge in [-0.1, -0.05) is 6.07 Å². The maximum atomic E-state index is 10.9. The molecule has 21 heavy (non-hydrogen) atoms. The minimum atomic E-state index is -0.991. The van der Waals surface area contributed by atoms with E-state index in [-0.39, 0.29) is 17.9 Å². The summed E-state index contributed by atoms with van der Waals surface area (Å²) in [5.74, 6) is 0.391. The molecule has 2 aromatic carbocycles. The number of aromatic hydroxyl groups is 1. The van der Waals surface area contributed by atoms with Crippen molar-refractivity contribution >= 4 is 16.9 Å². The number of phenols is 1. The van der Waals surface area contributed by atoms with Crippen molar-refractivity contribution in [2.45, 2.75) is 6.61 Å². The summed E-state index contributed by atoms with van der Waals surface area (Å²) in [4.78, 5) is 10.9. The zero-order valence-corrected chi connectivity index (χ0v) is 10.9. The predicted octanol–water partition coefficient (Wildman–Crippen LogP) is 3.42. The van der Waals surface area contributed by atoms with Crippen molar-refractivity contribution in [3.8, 4) is 11.5 Å². The molecule has 106 valence electrons. The van der Waals surface area contributed by atoms with Crippen LogP contribution in [0.2, 0.25) is 0 Å². The Bertz CT molecular complexity index is 786. The first-order chi connectivity index (χ1) is 10.1. The van der Waals surface area contributed by atoms with Gasteiger partial charge in [-0.25, -0.2) is 4.79 Å². The first-order valence-corrected chi connectivity index (χ1v) is 6.29. The summed E-state index contributed by atoms with van der Waals surface area (Å²) in [6, 6.07) is 12.9. The number of rotatable bonds is 4. The Labute approximate surface area is 120 Å². The normalized spacial score (nSPS) is 10.7. The summed E-state index contributed by atoms with van der Waals surface area (Å²) in [6.45, 7) is 0.224. The van der Waals surface area contributed by atoms with Gasteiger partial charge in [0.2, 0.25) is 0 Å². The van der Waals surface area contributed by atoms with Gasteiger partial charge in [-0.2, -0.15) is 0 Å². The Morgan fingerprint density at radius 1 is 1.10 bits per heavy atom. The molecular formula is C16H12O5. The third-order valence-electron chi connectivity index (χ3n) is 3.04. The quantitative estimate of drug-likeness (QED) is 0.767. The van der Waals surface area contributed by atoms with Crippen LogP contribution in [0.5, 0.6) is 11.5 Å². The van der Waals surface area contributed by atoms with E-state index >= 15 is 0 Å². The largest absolute Gasteiger partial charge is 0.508 e. The molecule has 0 aliphatic carbocycles. The van der Waals surface area contributed by atoms with E-state index in [2.05, 4.69) is 0 Å². The van der Waals surface area contributed by atoms with Crippen molar-refractivity contribution in [1.82, 2.24) is 0 Å². The summed E-state index contributed by atoms with van der Waals surface area (Å²) in [5.41, 5.74) is 0.696. The molecule has 0 fully saturated rings. The van der Waals surface area contributed by atoms with E-state index in [1.807, 2.05) is 0 Å². The first-order valence-electron chi connectivity index (χ1n) is 6.29. The molecule has 0 saturated heterocycles. The molecular weight excluding hydrogens is 272 g/mol. The van der Waals surface area contributed by atoms with Gasteiger partial charge in [0.15, 0.2) is 0 Å². The van der Waals surface area contributed by atoms with Crippen LogP contribution in [0.25, 0.3) is 11.0 Å². The van der Waals surface area contributed by atoms with E-state index in [0.717, 1.165) is 5.39 Å². The predicted molar refractivity (Wildman–Crippen MR) is 75.6 cm³/mol. The average molecular weight is 284 g/mol. The van der Waals surface area contributed by atoms with Crippen LogP contribution in [-0.2, 0) is 6.61 Å². The van der Waals surface area contributed by atoms with Crippen molar-refractivity contribution in [2.24, 2.45) is 0 Å². The van der Waals surface area contributed by atoms with E-state index in [0.29, 0.717) is 17.1 Å². The molecule has 0 bridgehead atoms. The summed E-state index contributed by atoms with van der Waals surface area (Å²) in [5, 5.41) is 18.9. The van der Waals surface area contributed by atoms with Gasteiger partial charge in [0.25, 0.3) is 0 Å². The minimum Gasteiger partial charge on any atom is -0.508 e. The second-order valence-electron chi connectivity index (χ2n) is 4.55. The number of carbonyl (C=O) groups is 1. The SMILES string of the molecule is O=C(O)c1ccc2cc(COc3ccc(O)cc3)oc2c1. The highest BCUT2D eigenvalue weighted by atomic mass is 16.5. The summed E-state index contributed by atoms with van der Waals surface area (Å²) in [6.07, 6.45) is 0. The van der Waals surface area contributed by atoms with Gasteiger partial charge in [0, 0.05) is 5.39 Å². The Morgan fingerprint density at radius 3 is 2.57 bits per heavy atom. The van der Waals surface area contributed by atoms with Crippen molar-refractivity contribution in [1.29, 1.82) is 0 Å². The number of furan rings is 1. The fourth-order valence-corrected chi connectivity index (χ4v) is 1.99. The summed E-state index contributed by atoms with van der Waals surface area (Å²) in [7, 11) is 0. The number of benzene rings is 2. The second kappa shape index (κ2) is 5.20. The lowest BCUT2D eigenvalue weighted by atomic mass is 10.2. The number of hydrogen-bond donors (Lipinski definition) is 2. The molecule has 0 radical (unpaired) electrons.